The number of carbonyl (C=O) groups is 1. The minimum atomic E-state index is -0.299. The van der Waals surface area contributed by atoms with Gasteiger partial charge in [0.2, 0.25) is 5.95 Å². The van der Waals surface area contributed by atoms with Crippen LogP contribution in [0.5, 0.6) is 0 Å². The van der Waals surface area contributed by atoms with Crippen molar-refractivity contribution in [1.29, 1.82) is 0 Å². The van der Waals surface area contributed by atoms with Crippen LogP contribution >= 0.6 is 0 Å². The molecule has 2 rings (SSSR count). The van der Waals surface area contributed by atoms with Crippen LogP contribution in [0.25, 0.3) is 0 Å². The molecule has 0 aliphatic carbocycles. The van der Waals surface area contributed by atoms with E-state index in [-0.39, 0.29) is 11.7 Å². The van der Waals surface area contributed by atoms with Gasteiger partial charge in [-0.2, -0.15) is 0 Å². The maximum atomic E-state index is 12.8. The largest absolute Gasteiger partial charge is 0.354 e. The Morgan fingerprint density at radius 1 is 1.24 bits per heavy atom. The molecule has 1 aromatic heterocycles. The van der Waals surface area contributed by atoms with Crippen molar-refractivity contribution in [2.75, 3.05) is 11.9 Å². The van der Waals surface area contributed by atoms with Gasteiger partial charge < -0.3 is 10.6 Å². The maximum absolute atomic E-state index is 12.8. The van der Waals surface area contributed by atoms with Crippen molar-refractivity contribution < 1.29 is 9.18 Å². The molecule has 2 aromatic rings. The number of nitrogens with zero attached hydrogens (tertiary/aromatic N) is 2. The monoisotopic (exact) mass is 288 g/mol. The molecule has 0 fully saturated rings. The standard InChI is InChI=1S/C15H17FN4O/c1-2-8-17-15-18-9-7-13(20-15)14(21)19-10-11-3-5-12(16)6-4-11/h3-7,9H,2,8,10H2,1H3,(H,19,21)(H,17,18,20). The van der Waals surface area contributed by atoms with E-state index in [0.29, 0.717) is 18.2 Å². The Bertz CT molecular complexity index is 601. The first kappa shape index (κ1) is 14.9. The van der Waals surface area contributed by atoms with Crippen molar-refractivity contribution in [3.63, 3.8) is 0 Å². The second kappa shape index (κ2) is 7.33. The number of anilines is 1. The van der Waals surface area contributed by atoms with Crippen molar-refractivity contribution in [3.05, 3.63) is 53.6 Å². The molecule has 0 aliphatic heterocycles. The van der Waals surface area contributed by atoms with Crippen molar-refractivity contribution >= 4 is 11.9 Å². The Morgan fingerprint density at radius 2 is 2.00 bits per heavy atom. The second-order valence-corrected chi connectivity index (χ2v) is 4.50. The zero-order valence-electron chi connectivity index (χ0n) is 11.8. The summed E-state index contributed by atoms with van der Waals surface area (Å²) in [7, 11) is 0. The summed E-state index contributed by atoms with van der Waals surface area (Å²) in [5, 5.41) is 5.76. The highest BCUT2D eigenvalue weighted by Gasteiger charge is 2.08. The molecular weight excluding hydrogens is 271 g/mol. The van der Waals surface area contributed by atoms with Gasteiger partial charge in [-0.1, -0.05) is 19.1 Å². The van der Waals surface area contributed by atoms with Crippen molar-refractivity contribution in [2.45, 2.75) is 19.9 Å². The van der Waals surface area contributed by atoms with Gasteiger partial charge in [-0.05, 0) is 30.2 Å². The molecule has 21 heavy (non-hydrogen) atoms. The van der Waals surface area contributed by atoms with Crippen LogP contribution in [0.2, 0.25) is 0 Å². The number of halogens is 1. The van der Waals surface area contributed by atoms with Crippen LogP contribution in [0, 0.1) is 5.82 Å². The molecular formula is C15H17FN4O. The van der Waals surface area contributed by atoms with E-state index in [2.05, 4.69) is 20.6 Å². The maximum Gasteiger partial charge on any atom is 0.270 e. The first-order chi connectivity index (χ1) is 10.2. The highest BCUT2D eigenvalue weighted by molar-refractivity contribution is 5.92. The van der Waals surface area contributed by atoms with Gasteiger partial charge in [-0.3, -0.25) is 4.79 Å². The SMILES string of the molecule is CCCNc1nccc(C(=O)NCc2ccc(F)cc2)n1. The van der Waals surface area contributed by atoms with E-state index in [9.17, 15) is 9.18 Å². The summed E-state index contributed by atoms with van der Waals surface area (Å²) in [6.45, 7) is 3.10. The highest BCUT2D eigenvalue weighted by atomic mass is 19.1. The lowest BCUT2D eigenvalue weighted by Crippen LogP contribution is -2.24. The minimum absolute atomic E-state index is 0.290. The van der Waals surface area contributed by atoms with Crippen LogP contribution in [-0.2, 0) is 6.54 Å². The molecule has 0 radical (unpaired) electrons. The molecule has 2 N–H and O–H groups in total. The minimum Gasteiger partial charge on any atom is -0.354 e. The van der Waals surface area contributed by atoms with Gasteiger partial charge in [0.1, 0.15) is 11.5 Å². The Labute approximate surface area is 122 Å². The van der Waals surface area contributed by atoms with E-state index < -0.39 is 0 Å². The van der Waals surface area contributed by atoms with Gasteiger partial charge in [0.05, 0.1) is 0 Å². The van der Waals surface area contributed by atoms with Crippen molar-refractivity contribution in [3.8, 4) is 0 Å². The fourth-order valence-electron chi connectivity index (χ4n) is 1.68. The second-order valence-electron chi connectivity index (χ2n) is 4.50. The Morgan fingerprint density at radius 3 is 2.71 bits per heavy atom. The lowest BCUT2D eigenvalue weighted by atomic mass is 10.2. The first-order valence-electron chi connectivity index (χ1n) is 6.78. The van der Waals surface area contributed by atoms with E-state index in [1.54, 1.807) is 18.2 Å². The fraction of sp³-hybridized carbons (Fsp3) is 0.267. The molecule has 6 heteroatoms. The van der Waals surface area contributed by atoms with Crippen molar-refractivity contribution in [2.24, 2.45) is 0 Å². The summed E-state index contributed by atoms with van der Waals surface area (Å²) in [5.41, 5.74) is 1.12. The summed E-state index contributed by atoms with van der Waals surface area (Å²) >= 11 is 0. The molecule has 110 valence electrons. The number of amides is 1. The quantitative estimate of drug-likeness (QED) is 0.856. The summed E-state index contributed by atoms with van der Waals surface area (Å²) in [4.78, 5) is 20.2. The molecule has 5 nitrogen and oxygen atoms in total. The van der Waals surface area contributed by atoms with Gasteiger partial charge in [0, 0.05) is 19.3 Å². The van der Waals surface area contributed by atoms with E-state index in [4.69, 9.17) is 0 Å². The number of aromatic nitrogens is 2. The average Bonchev–Trinajstić information content (AvgIpc) is 2.52. The third-order valence-corrected chi connectivity index (χ3v) is 2.79. The molecule has 1 amide bonds. The average molecular weight is 288 g/mol. The number of benzene rings is 1. The van der Waals surface area contributed by atoms with E-state index in [1.165, 1.54) is 18.3 Å². The van der Waals surface area contributed by atoms with Crippen LogP contribution in [-0.4, -0.2) is 22.4 Å². The zero-order chi connectivity index (χ0) is 15.1. The van der Waals surface area contributed by atoms with Crippen molar-refractivity contribution in [1.82, 2.24) is 15.3 Å². The highest BCUT2D eigenvalue weighted by Crippen LogP contribution is 2.04. The number of carbonyl (C=O) groups excluding carboxylic acids is 1. The Hall–Kier alpha value is -2.50. The number of hydrogen-bond donors (Lipinski definition) is 2. The lowest BCUT2D eigenvalue weighted by Gasteiger charge is -2.07. The smallest absolute Gasteiger partial charge is 0.270 e. The summed E-state index contributed by atoms with van der Waals surface area (Å²) in [6.07, 6.45) is 2.49. The number of hydrogen-bond acceptors (Lipinski definition) is 4. The zero-order valence-corrected chi connectivity index (χ0v) is 11.8. The first-order valence-corrected chi connectivity index (χ1v) is 6.78. The van der Waals surface area contributed by atoms with Gasteiger partial charge in [0.15, 0.2) is 0 Å². The molecule has 0 spiro atoms. The lowest BCUT2D eigenvalue weighted by molar-refractivity contribution is 0.0946. The van der Waals surface area contributed by atoms with Crippen LogP contribution in [0.3, 0.4) is 0 Å². The molecule has 0 saturated heterocycles. The third-order valence-electron chi connectivity index (χ3n) is 2.79. The van der Waals surface area contributed by atoms with Gasteiger partial charge in [-0.15, -0.1) is 0 Å². The van der Waals surface area contributed by atoms with Crippen LogP contribution in [0.1, 0.15) is 29.4 Å². The van der Waals surface area contributed by atoms with Crippen LogP contribution in [0.4, 0.5) is 10.3 Å². The Kier molecular flexibility index (Phi) is 5.20. The van der Waals surface area contributed by atoms with Gasteiger partial charge >= 0.3 is 0 Å². The molecule has 0 saturated carbocycles. The molecule has 1 aromatic carbocycles. The Balaban J connectivity index is 1.95. The normalized spacial score (nSPS) is 10.2. The van der Waals surface area contributed by atoms with E-state index in [0.717, 1.165) is 18.5 Å². The van der Waals surface area contributed by atoms with Gasteiger partial charge in [0.25, 0.3) is 5.91 Å². The fourth-order valence-corrected chi connectivity index (χ4v) is 1.68. The molecule has 1 heterocycles. The van der Waals surface area contributed by atoms with Crippen LogP contribution in [0.15, 0.2) is 36.5 Å². The third kappa shape index (κ3) is 4.52. The van der Waals surface area contributed by atoms with E-state index in [1.807, 2.05) is 6.92 Å². The predicted molar refractivity (Wildman–Crippen MR) is 78.4 cm³/mol. The topological polar surface area (TPSA) is 66.9 Å². The summed E-state index contributed by atoms with van der Waals surface area (Å²) in [5.74, 6) is -0.153. The summed E-state index contributed by atoms with van der Waals surface area (Å²) < 4.78 is 12.8. The molecule has 0 atom stereocenters. The molecule has 0 aliphatic rings. The summed E-state index contributed by atoms with van der Waals surface area (Å²) in [6, 6.07) is 7.53. The van der Waals surface area contributed by atoms with Gasteiger partial charge in [-0.25, -0.2) is 14.4 Å². The van der Waals surface area contributed by atoms with E-state index >= 15 is 0 Å². The number of rotatable bonds is 6. The predicted octanol–water partition coefficient (Wildman–Crippen LogP) is 2.37. The molecule has 0 bridgehead atoms. The van der Waals surface area contributed by atoms with Crippen LogP contribution < -0.4 is 10.6 Å². The molecule has 0 unspecified atom stereocenters. The number of nitrogens with one attached hydrogen (secondary N) is 2.